The number of urea groups is 1. The van der Waals surface area contributed by atoms with Gasteiger partial charge >= 0.3 is 6.03 Å². The van der Waals surface area contributed by atoms with Crippen molar-refractivity contribution in [2.24, 2.45) is 17.3 Å². The Labute approximate surface area is 182 Å². The maximum absolute atomic E-state index is 13.2. The van der Waals surface area contributed by atoms with Crippen LogP contribution in [0.15, 0.2) is 24.3 Å². The summed E-state index contributed by atoms with van der Waals surface area (Å²) in [5.41, 5.74) is 0.0709. The molecule has 3 fully saturated rings. The van der Waals surface area contributed by atoms with Crippen LogP contribution in [-0.4, -0.2) is 34.8 Å². The average molecular weight is 432 g/mol. The monoisotopic (exact) mass is 431 g/mol. The van der Waals surface area contributed by atoms with Gasteiger partial charge in [-0.1, -0.05) is 44.5 Å². The number of nitrogens with zero attached hydrogens (tertiary/aromatic N) is 1. The van der Waals surface area contributed by atoms with E-state index in [-0.39, 0.29) is 29.8 Å². The summed E-state index contributed by atoms with van der Waals surface area (Å²) in [6, 6.07) is 6.87. The van der Waals surface area contributed by atoms with Crippen molar-refractivity contribution in [2.45, 2.75) is 64.5 Å². The van der Waals surface area contributed by atoms with Gasteiger partial charge in [0.15, 0.2) is 0 Å². The lowest BCUT2D eigenvalue weighted by molar-refractivity contribution is -0.137. The summed E-state index contributed by atoms with van der Waals surface area (Å²) in [5.74, 6) is 0.128. The fourth-order valence-corrected chi connectivity index (χ4v) is 5.71. The highest BCUT2D eigenvalue weighted by molar-refractivity contribution is 6.30. The molecule has 7 heteroatoms. The molecule has 1 heterocycles. The molecule has 0 unspecified atom stereocenters. The summed E-state index contributed by atoms with van der Waals surface area (Å²) in [5, 5.41) is 6.62. The molecule has 3 atom stereocenters. The molecular weight excluding hydrogens is 402 g/mol. The van der Waals surface area contributed by atoms with E-state index in [0.29, 0.717) is 29.7 Å². The standard InChI is InChI=1S/C23H30ClN3O3/c1-14-10-22(2,3)13-23(11-14)20(29)27(21(30)26-23)12-18(28)25-19(15-4-5-15)16-6-8-17(24)9-7-16/h6-9,14-15,19H,4-5,10-13H2,1-3H3,(H,25,28)(H,26,30)/t14-,19-,23-/m1/s1. The molecule has 1 saturated heterocycles. The lowest BCUT2D eigenvalue weighted by Crippen LogP contribution is -2.54. The molecule has 0 aromatic heterocycles. The third-order valence-corrected chi connectivity index (χ3v) is 6.82. The van der Waals surface area contributed by atoms with Gasteiger partial charge in [0.05, 0.1) is 6.04 Å². The second-order valence-corrected chi connectivity index (χ2v) is 10.6. The summed E-state index contributed by atoms with van der Waals surface area (Å²) in [6.07, 6.45) is 4.33. The summed E-state index contributed by atoms with van der Waals surface area (Å²) in [7, 11) is 0. The largest absolute Gasteiger partial charge is 0.347 e. The zero-order valence-corrected chi connectivity index (χ0v) is 18.6. The number of carbonyl (C=O) groups excluding carboxylic acids is 3. The van der Waals surface area contributed by atoms with Crippen LogP contribution in [0.5, 0.6) is 0 Å². The van der Waals surface area contributed by atoms with E-state index in [1.54, 1.807) is 0 Å². The van der Waals surface area contributed by atoms with Gasteiger partial charge in [-0.25, -0.2) is 4.79 Å². The molecule has 0 radical (unpaired) electrons. The molecule has 4 rings (SSSR count). The summed E-state index contributed by atoms with van der Waals surface area (Å²) in [6.45, 7) is 6.12. The van der Waals surface area contributed by atoms with Crippen LogP contribution in [0.2, 0.25) is 5.02 Å². The van der Waals surface area contributed by atoms with E-state index in [1.807, 2.05) is 24.3 Å². The number of hydrogen-bond acceptors (Lipinski definition) is 3. The minimum atomic E-state index is -0.884. The lowest BCUT2D eigenvalue weighted by Gasteiger charge is -2.43. The van der Waals surface area contributed by atoms with Crippen LogP contribution in [-0.2, 0) is 9.59 Å². The van der Waals surface area contributed by atoms with E-state index in [1.165, 1.54) is 0 Å². The van der Waals surface area contributed by atoms with Crippen molar-refractivity contribution < 1.29 is 14.4 Å². The topological polar surface area (TPSA) is 78.5 Å². The third-order valence-electron chi connectivity index (χ3n) is 6.56. The van der Waals surface area contributed by atoms with Crippen LogP contribution in [0, 0.1) is 17.3 Å². The summed E-state index contributed by atoms with van der Waals surface area (Å²) in [4.78, 5) is 39.8. The van der Waals surface area contributed by atoms with E-state index in [9.17, 15) is 14.4 Å². The van der Waals surface area contributed by atoms with E-state index < -0.39 is 11.6 Å². The minimum Gasteiger partial charge on any atom is -0.347 e. The second kappa shape index (κ2) is 7.56. The minimum absolute atomic E-state index is 0.0372. The SMILES string of the molecule is C[C@@H]1CC(C)(C)C[C@@]2(C1)NC(=O)N(CC(=O)N[C@@H](c1ccc(Cl)cc1)C1CC1)C2=O. The van der Waals surface area contributed by atoms with Crippen LogP contribution in [0.4, 0.5) is 4.79 Å². The van der Waals surface area contributed by atoms with Crippen molar-refractivity contribution in [2.75, 3.05) is 6.54 Å². The Morgan fingerprint density at radius 1 is 1.23 bits per heavy atom. The molecule has 162 valence electrons. The van der Waals surface area contributed by atoms with E-state index in [2.05, 4.69) is 31.4 Å². The van der Waals surface area contributed by atoms with Crippen LogP contribution >= 0.6 is 11.6 Å². The highest BCUT2D eigenvalue weighted by Crippen LogP contribution is 2.46. The Bertz CT molecular complexity index is 865. The first-order chi connectivity index (χ1) is 14.1. The summed E-state index contributed by atoms with van der Waals surface area (Å²) < 4.78 is 0. The van der Waals surface area contributed by atoms with Gasteiger partial charge in [-0.05, 0) is 67.1 Å². The van der Waals surface area contributed by atoms with Gasteiger partial charge in [-0.2, -0.15) is 0 Å². The fourth-order valence-electron chi connectivity index (χ4n) is 5.59. The number of hydrogen-bond donors (Lipinski definition) is 2. The predicted octanol–water partition coefficient (Wildman–Crippen LogP) is 4.04. The second-order valence-electron chi connectivity index (χ2n) is 10.2. The number of rotatable bonds is 5. The number of nitrogens with one attached hydrogen (secondary N) is 2. The molecule has 1 aromatic carbocycles. The first-order valence-electron chi connectivity index (χ1n) is 10.8. The number of amides is 4. The smallest absolute Gasteiger partial charge is 0.325 e. The third kappa shape index (κ3) is 4.20. The molecule has 1 spiro atoms. The average Bonchev–Trinajstić information content (AvgIpc) is 3.44. The van der Waals surface area contributed by atoms with Crippen molar-refractivity contribution in [3.63, 3.8) is 0 Å². The Morgan fingerprint density at radius 3 is 2.50 bits per heavy atom. The van der Waals surface area contributed by atoms with Crippen molar-refractivity contribution in [3.8, 4) is 0 Å². The van der Waals surface area contributed by atoms with Gasteiger partial charge in [-0.3, -0.25) is 14.5 Å². The number of halogens is 1. The van der Waals surface area contributed by atoms with Gasteiger partial charge in [0.1, 0.15) is 12.1 Å². The van der Waals surface area contributed by atoms with Crippen LogP contribution < -0.4 is 10.6 Å². The number of imide groups is 1. The van der Waals surface area contributed by atoms with Crippen molar-refractivity contribution in [1.82, 2.24) is 15.5 Å². The predicted molar refractivity (Wildman–Crippen MR) is 115 cm³/mol. The first-order valence-corrected chi connectivity index (χ1v) is 11.2. The number of carbonyl (C=O) groups is 3. The zero-order chi connectivity index (χ0) is 21.7. The Morgan fingerprint density at radius 2 is 1.90 bits per heavy atom. The molecule has 0 bridgehead atoms. The van der Waals surface area contributed by atoms with Crippen molar-refractivity contribution in [1.29, 1.82) is 0 Å². The van der Waals surface area contributed by atoms with Gasteiger partial charge in [0, 0.05) is 5.02 Å². The van der Waals surface area contributed by atoms with Crippen molar-refractivity contribution in [3.05, 3.63) is 34.9 Å². The molecule has 4 amide bonds. The molecule has 2 aliphatic carbocycles. The van der Waals surface area contributed by atoms with Gasteiger partial charge in [-0.15, -0.1) is 0 Å². The van der Waals surface area contributed by atoms with E-state index in [4.69, 9.17) is 11.6 Å². The molecule has 2 saturated carbocycles. The van der Waals surface area contributed by atoms with Crippen LogP contribution in [0.1, 0.15) is 64.5 Å². The van der Waals surface area contributed by atoms with E-state index in [0.717, 1.165) is 29.7 Å². The highest BCUT2D eigenvalue weighted by atomic mass is 35.5. The normalized spacial score (nSPS) is 29.1. The first kappa shape index (κ1) is 21.2. The molecule has 3 aliphatic rings. The highest BCUT2D eigenvalue weighted by Gasteiger charge is 2.56. The number of benzene rings is 1. The molecule has 1 aliphatic heterocycles. The maximum Gasteiger partial charge on any atom is 0.325 e. The Kier molecular flexibility index (Phi) is 5.33. The molecular formula is C23H30ClN3O3. The van der Waals surface area contributed by atoms with Crippen LogP contribution in [0.25, 0.3) is 0 Å². The maximum atomic E-state index is 13.2. The quantitative estimate of drug-likeness (QED) is 0.690. The van der Waals surface area contributed by atoms with Gasteiger partial charge in [0.2, 0.25) is 5.91 Å². The van der Waals surface area contributed by atoms with E-state index >= 15 is 0 Å². The Balaban J connectivity index is 1.46. The fraction of sp³-hybridized carbons (Fsp3) is 0.609. The molecule has 6 nitrogen and oxygen atoms in total. The lowest BCUT2D eigenvalue weighted by atomic mass is 9.64. The van der Waals surface area contributed by atoms with Gasteiger partial charge < -0.3 is 10.6 Å². The zero-order valence-electron chi connectivity index (χ0n) is 17.8. The van der Waals surface area contributed by atoms with Crippen molar-refractivity contribution >= 4 is 29.4 Å². The summed E-state index contributed by atoms with van der Waals surface area (Å²) >= 11 is 5.99. The molecule has 2 N–H and O–H groups in total. The Hall–Kier alpha value is -2.08. The molecule has 30 heavy (non-hydrogen) atoms. The van der Waals surface area contributed by atoms with Crippen LogP contribution in [0.3, 0.4) is 0 Å². The van der Waals surface area contributed by atoms with Gasteiger partial charge in [0.25, 0.3) is 5.91 Å². The molecule has 1 aromatic rings.